The van der Waals surface area contributed by atoms with E-state index in [1.54, 1.807) is 11.7 Å². The summed E-state index contributed by atoms with van der Waals surface area (Å²) in [7, 11) is 3.51. The van der Waals surface area contributed by atoms with Crippen molar-refractivity contribution in [3.8, 4) is 0 Å². The summed E-state index contributed by atoms with van der Waals surface area (Å²) in [6.07, 6.45) is 1.94. The number of para-hydroxylation sites is 2. The van der Waals surface area contributed by atoms with Crippen LogP contribution in [0, 0.1) is 0 Å². The Bertz CT molecular complexity index is 554. The average molecular weight is 234 g/mol. The van der Waals surface area contributed by atoms with Crippen molar-refractivity contribution in [1.29, 1.82) is 0 Å². The number of fused-ring (bicyclic) bond motifs is 1. The minimum atomic E-state index is 0.0589. The van der Waals surface area contributed by atoms with Gasteiger partial charge in [-0.1, -0.05) is 12.1 Å². The molecule has 2 rings (SSSR count). The molecule has 17 heavy (non-hydrogen) atoms. The van der Waals surface area contributed by atoms with Crippen LogP contribution < -0.4 is 5.69 Å². The number of rotatable bonds is 5. The number of nitrogens with zero attached hydrogens (tertiary/aromatic N) is 2. The second-order valence-electron chi connectivity index (χ2n) is 4.18. The van der Waals surface area contributed by atoms with Gasteiger partial charge in [-0.3, -0.25) is 9.13 Å². The largest absolute Gasteiger partial charge is 0.385 e. The fraction of sp³-hybridized carbons (Fsp3) is 0.462. The fourth-order valence-electron chi connectivity index (χ4n) is 2.10. The summed E-state index contributed by atoms with van der Waals surface area (Å²) < 4.78 is 8.55. The van der Waals surface area contributed by atoms with Crippen LogP contribution in [0.4, 0.5) is 0 Å². The lowest BCUT2D eigenvalue weighted by Gasteiger charge is -2.02. The van der Waals surface area contributed by atoms with E-state index in [1.807, 2.05) is 35.9 Å². The third kappa shape index (κ3) is 2.26. The number of hydrogen-bond donors (Lipinski definition) is 0. The van der Waals surface area contributed by atoms with E-state index in [9.17, 15) is 4.79 Å². The molecule has 92 valence electrons. The smallest absolute Gasteiger partial charge is 0.328 e. The second-order valence-corrected chi connectivity index (χ2v) is 4.18. The normalized spacial score (nSPS) is 11.2. The summed E-state index contributed by atoms with van der Waals surface area (Å²) >= 11 is 0. The van der Waals surface area contributed by atoms with Crippen LogP contribution in [0.25, 0.3) is 11.0 Å². The third-order valence-corrected chi connectivity index (χ3v) is 3.03. The molecule has 0 saturated heterocycles. The minimum Gasteiger partial charge on any atom is -0.385 e. The number of benzene rings is 1. The third-order valence-electron chi connectivity index (χ3n) is 3.03. The van der Waals surface area contributed by atoms with Crippen molar-refractivity contribution >= 4 is 11.0 Å². The number of imidazole rings is 1. The summed E-state index contributed by atoms with van der Waals surface area (Å²) in [5.74, 6) is 0. The zero-order valence-corrected chi connectivity index (χ0v) is 10.3. The lowest BCUT2D eigenvalue weighted by molar-refractivity contribution is 0.191. The molecule has 0 spiro atoms. The molecule has 1 aromatic carbocycles. The van der Waals surface area contributed by atoms with Crippen molar-refractivity contribution in [3.63, 3.8) is 0 Å². The van der Waals surface area contributed by atoms with Crippen LogP contribution in [0.2, 0.25) is 0 Å². The van der Waals surface area contributed by atoms with Gasteiger partial charge in [-0.2, -0.15) is 0 Å². The maximum Gasteiger partial charge on any atom is 0.328 e. The Morgan fingerprint density at radius 3 is 2.59 bits per heavy atom. The molecule has 1 heterocycles. The Morgan fingerprint density at radius 2 is 1.88 bits per heavy atom. The minimum absolute atomic E-state index is 0.0589. The maximum absolute atomic E-state index is 12.0. The molecule has 1 aromatic heterocycles. The molecule has 0 saturated carbocycles. The van der Waals surface area contributed by atoms with E-state index in [2.05, 4.69) is 0 Å². The molecule has 0 bridgehead atoms. The van der Waals surface area contributed by atoms with Crippen molar-refractivity contribution in [2.75, 3.05) is 13.7 Å². The number of aromatic nitrogens is 2. The van der Waals surface area contributed by atoms with Crippen LogP contribution in [0.5, 0.6) is 0 Å². The van der Waals surface area contributed by atoms with E-state index in [4.69, 9.17) is 4.74 Å². The molecule has 4 nitrogen and oxygen atoms in total. The van der Waals surface area contributed by atoms with Crippen LogP contribution in [0.3, 0.4) is 0 Å². The van der Waals surface area contributed by atoms with Gasteiger partial charge in [0.25, 0.3) is 0 Å². The van der Waals surface area contributed by atoms with E-state index in [1.165, 1.54) is 0 Å². The van der Waals surface area contributed by atoms with Crippen LogP contribution in [0.1, 0.15) is 12.8 Å². The molecule has 0 fully saturated rings. The molecule has 0 aliphatic heterocycles. The fourth-order valence-corrected chi connectivity index (χ4v) is 2.10. The second kappa shape index (κ2) is 5.19. The Morgan fingerprint density at radius 1 is 1.18 bits per heavy atom. The van der Waals surface area contributed by atoms with Crippen LogP contribution in [0.15, 0.2) is 29.1 Å². The lowest BCUT2D eigenvalue weighted by atomic mass is 10.3. The molecule has 0 aliphatic carbocycles. The highest BCUT2D eigenvalue weighted by Crippen LogP contribution is 2.12. The first kappa shape index (κ1) is 11.9. The molecule has 0 aliphatic rings. The number of ether oxygens (including phenoxy) is 1. The standard InChI is InChI=1S/C13H18N2O2/c1-14-11-7-3-4-8-12(11)15(13(14)16)9-5-6-10-17-2/h3-4,7-8H,5-6,9-10H2,1-2H3. The highest BCUT2D eigenvalue weighted by Gasteiger charge is 2.08. The van der Waals surface area contributed by atoms with Gasteiger partial charge >= 0.3 is 5.69 Å². The van der Waals surface area contributed by atoms with Gasteiger partial charge in [-0.15, -0.1) is 0 Å². The molecule has 0 unspecified atom stereocenters. The molecule has 0 amide bonds. The van der Waals surface area contributed by atoms with Crippen molar-refractivity contribution in [2.24, 2.45) is 7.05 Å². The molecule has 0 N–H and O–H groups in total. The van der Waals surface area contributed by atoms with E-state index in [0.717, 1.165) is 37.0 Å². The van der Waals surface area contributed by atoms with Gasteiger partial charge in [-0.25, -0.2) is 4.79 Å². The van der Waals surface area contributed by atoms with Crippen molar-refractivity contribution < 1.29 is 4.74 Å². The number of aryl methyl sites for hydroxylation is 2. The van der Waals surface area contributed by atoms with E-state index >= 15 is 0 Å². The van der Waals surface area contributed by atoms with Crippen LogP contribution in [-0.4, -0.2) is 22.9 Å². The first-order chi connectivity index (χ1) is 8.25. The zero-order valence-electron chi connectivity index (χ0n) is 10.3. The van der Waals surface area contributed by atoms with Gasteiger partial charge in [0.15, 0.2) is 0 Å². The van der Waals surface area contributed by atoms with E-state index in [-0.39, 0.29) is 5.69 Å². The monoisotopic (exact) mass is 234 g/mol. The van der Waals surface area contributed by atoms with E-state index in [0.29, 0.717) is 0 Å². The van der Waals surface area contributed by atoms with Crippen LogP contribution >= 0.6 is 0 Å². The Hall–Kier alpha value is -1.55. The van der Waals surface area contributed by atoms with Gasteiger partial charge in [0.2, 0.25) is 0 Å². The van der Waals surface area contributed by atoms with Crippen LogP contribution in [-0.2, 0) is 18.3 Å². The quantitative estimate of drug-likeness (QED) is 0.739. The SMILES string of the molecule is COCCCCn1c(=O)n(C)c2ccccc21. The summed E-state index contributed by atoms with van der Waals surface area (Å²) in [5.41, 5.74) is 2.06. The first-order valence-electron chi connectivity index (χ1n) is 5.89. The molecular weight excluding hydrogens is 216 g/mol. The van der Waals surface area contributed by atoms with Gasteiger partial charge < -0.3 is 4.74 Å². The molecule has 2 aromatic rings. The number of hydrogen-bond acceptors (Lipinski definition) is 2. The number of methoxy groups -OCH3 is 1. The Balaban J connectivity index is 2.27. The maximum atomic E-state index is 12.0. The van der Waals surface area contributed by atoms with Gasteiger partial charge in [-0.05, 0) is 25.0 Å². The summed E-state index contributed by atoms with van der Waals surface area (Å²) in [6, 6.07) is 7.89. The van der Waals surface area contributed by atoms with E-state index < -0.39 is 0 Å². The van der Waals surface area contributed by atoms with Gasteiger partial charge in [0.05, 0.1) is 11.0 Å². The van der Waals surface area contributed by atoms with Gasteiger partial charge in [0, 0.05) is 27.3 Å². The predicted octanol–water partition coefficient (Wildman–Crippen LogP) is 1.77. The molecule has 0 atom stereocenters. The zero-order chi connectivity index (χ0) is 12.3. The highest BCUT2D eigenvalue weighted by molar-refractivity contribution is 5.75. The summed E-state index contributed by atoms with van der Waals surface area (Å²) in [4.78, 5) is 12.0. The lowest BCUT2D eigenvalue weighted by Crippen LogP contribution is -2.22. The average Bonchev–Trinajstić information content (AvgIpc) is 2.60. The van der Waals surface area contributed by atoms with Crippen molar-refractivity contribution in [3.05, 3.63) is 34.7 Å². The molecule has 0 radical (unpaired) electrons. The summed E-state index contributed by atoms with van der Waals surface area (Å²) in [5, 5.41) is 0. The van der Waals surface area contributed by atoms with Crippen molar-refractivity contribution in [2.45, 2.75) is 19.4 Å². The Kier molecular flexibility index (Phi) is 3.64. The number of unbranched alkanes of at least 4 members (excludes halogenated alkanes) is 1. The highest BCUT2D eigenvalue weighted by atomic mass is 16.5. The summed E-state index contributed by atoms with van der Waals surface area (Å²) in [6.45, 7) is 1.50. The van der Waals surface area contributed by atoms with Crippen molar-refractivity contribution in [1.82, 2.24) is 9.13 Å². The first-order valence-corrected chi connectivity index (χ1v) is 5.89. The topological polar surface area (TPSA) is 36.2 Å². The predicted molar refractivity (Wildman–Crippen MR) is 68.3 cm³/mol. The Labute approximate surface area is 100 Å². The molecule has 4 heteroatoms. The van der Waals surface area contributed by atoms with Gasteiger partial charge in [0.1, 0.15) is 0 Å². The molecular formula is C13H18N2O2.